The number of aromatic amines is 1. The van der Waals surface area contributed by atoms with Gasteiger partial charge >= 0.3 is 0 Å². The Morgan fingerprint density at radius 2 is 2.07 bits per heavy atom. The molecule has 0 spiro atoms. The fourth-order valence-corrected chi connectivity index (χ4v) is 4.04. The average molecular weight is 437 g/mol. The highest BCUT2D eigenvalue weighted by molar-refractivity contribution is 7.13. The quantitative estimate of drug-likeness (QED) is 0.579. The number of nitrogens with zero attached hydrogens (tertiary/aromatic N) is 2. The normalized spacial score (nSPS) is 21.9. The van der Waals surface area contributed by atoms with E-state index in [0.29, 0.717) is 24.2 Å². The summed E-state index contributed by atoms with van der Waals surface area (Å²) in [4.78, 5) is 16.7. The fourth-order valence-electron chi connectivity index (χ4n) is 3.19. The lowest BCUT2D eigenvalue weighted by Crippen LogP contribution is -2.32. The molecule has 1 aromatic carbocycles. The Bertz CT molecular complexity index is 1020. The van der Waals surface area contributed by atoms with Gasteiger partial charge in [-0.05, 0) is 25.0 Å². The van der Waals surface area contributed by atoms with Gasteiger partial charge in [-0.2, -0.15) is 5.10 Å². The zero-order chi connectivity index (χ0) is 21.3. The molecule has 0 unspecified atom stereocenters. The van der Waals surface area contributed by atoms with Crippen molar-refractivity contribution in [2.45, 2.75) is 31.2 Å². The van der Waals surface area contributed by atoms with Gasteiger partial charge in [-0.25, -0.2) is 18.2 Å². The van der Waals surface area contributed by atoms with Crippen molar-refractivity contribution < 1.29 is 22.7 Å². The molecular formula is C19H18F3N5O2S. The Balaban J connectivity index is 1.51. The number of hydrogen-bond acceptors (Lipinski definition) is 6. The lowest BCUT2D eigenvalue weighted by Gasteiger charge is -2.15. The molecule has 3 heterocycles. The molecule has 0 bridgehead atoms. The van der Waals surface area contributed by atoms with Gasteiger partial charge in [0.05, 0.1) is 29.7 Å². The van der Waals surface area contributed by atoms with Crippen LogP contribution in [0.2, 0.25) is 0 Å². The second kappa shape index (κ2) is 8.54. The number of aromatic nitrogens is 3. The van der Waals surface area contributed by atoms with Crippen LogP contribution in [-0.2, 0) is 4.74 Å². The fraction of sp³-hybridized carbons (Fsp3) is 0.316. The molecule has 1 saturated heterocycles. The third-order valence-electron chi connectivity index (χ3n) is 4.84. The molecule has 3 aromatic rings. The second-order valence-electron chi connectivity index (χ2n) is 6.87. The van der Waals surface area contributed by atoms with Gasteiger partial charge < -0.3 is 15.8 Å². The van der Waals surface area contributed by atoms with Crippen LogP contribution in [0.25, 0.3) is 10.6 Å². The zero-order valence-corrected chi connectivity index (χ0v) is 16.4. The number of carbonyl (C=O) groups excluding carboxylic acids is 1. The minimum absolute atomic E-state index is 0.00238. The SMILES string of the molecule is N[C@H]1CC[C@H](c2[nH]ncc2NC(=O)c2csc(-c3c(F)cccc3F)n2)OC[C@@H]1F. The Morgan fingerprint density at radius 3 is 2.83 bits per heavy atom. The van der Waals surface area contributed by atoms with E-state index >= 15 is 0 Å². The van der Waals surface area contributed by atoms with E-state index < -0.39 is 35.9 Å². The summed E-state index contributed by atoms with van der Waals surface area (Å²) in [5.41, 5.74) is 6.30. The van der Waals surface area contributed by atoms with Gasteiger partial charge in [0.25, 0.3) is 5.91 Å². The minimum Gasteiger partial charge on any atom is -0.369 e. The zero-order valence-electron chi connectivity index (χ0n) is 15.6. The van der Waals surface area contributed by atoms with E-state index in [9.17, 15) is 18.0 Å². The number of nitrogens with two attached hydrogens (primary N) is 1. The highest BCUT2D eigenvalue weighted by Crippen LogP contribution is 2.32. The number of anilines is 1. The Hall–Kier alpha value is -2.76. The van der Waals surface area contributed by atoms with Gasteiger partial charge in [-0.15, -0.1) is 11.3 Å². The molecule has 30 heavy (non-hydrogen) atoms. The number of amides is 1. The first-order valence-electron chi connectivity index (χ1n) is 9.19. The number of benzene rings is 1. The number of H-pyrrole nitrogens is 1. The van der Waals surface area contributed by atoms with Crippen LogP contribution in [-0.4, -0.2) is 39.9 Å². The number of nitrogens with one attached hydrogen (secondary N) is 2. The number of thiazole rings is 1. The van der Waals surface area contributed by atoms with Crippen molar-refractivity contribution in [2.75, 3.05) is 11.9 Å². The molecule has 1 aliphatic heterocycles. The van der Waals surface area contributed by atoms with Gasteiger partial charge in [0.2, 0.25) is 0 Å². The molecule has 3 atom stereocenters. The summed E-state index contributed by atoms with van der Waals surface area (Å²) in [6.07, 6.45) is 0.511. The van der Waals surface area contributed by atoms with E-state index in [1.807, 2.05) is 0 Å². The van der Waals surface area contributed by atoms with E-state index in [-0.39, 0.29) is 22.9 Å². The van der Waals surface area contributed by atoms with Crippen molar-refractivity contribution >= 4 is 22.9 Å². The maximum atomic E-state index is 14.0. The maximum absolute atomic E-state index is 14.0. The summed E-state index contributed by atoms with van der Waals surface area (Å²) < 4.78 is 47.3. The third kappa shape index (κ3) is 4.09. The molecule has 158 valence electrons. The predicted octanol–water partition coefficient (Wildman–Crippen LogP) is 3.58. The summed E-state index contributed by atoms with van der Waals surface area (Å²) in [5, 5.41) is 10.8. The van der Waals surface area contributed by atoms with Crippen molar-refractivity contribution in [3.63, 3.8) is 0 Å². The molecule has 1 aliphatic rings. The first-order chi connectivity index (χ1) is 14.4. The molecule has 0 aliphatic carbocycles. The largest absolute Gasteiger partial charge is 0.369 e. The first-order valence-corrected chi connectivity index (χ1v) is 10.1. The van der Waals surface area contributed by atoms with Gasteiger partial charge in [0, 0.05) is 11.4 Å². The molecule has 0 saturated carbocycles. The van der Waals surface area contributed by atoms with Crippen LogP contribution in [0.4, 0.5) is 18.9 Å². The van der Waals surface area contributed by atoms with Gasteiger partial charge in [-0.3, -0.25) is 9.89 Å². The van der Waals surface area contributed by atoms with Crippen molar-refractivity contribution in [2.24, 2.45) is 5.73 Å². The maximum Gasteiger partial charge on any atom is 0.275 e. The lowest BCUT2D eigenvalue weighted by atomic mass is 10.0. The minimum atomic E-state index is -1.26. The summed E-state index contributed by atoms with van der Waals surface area (Å²) in [5.74, 6) is -2.10. The molecule has 1 amide bonds. The smallest absolute Gasteiger partial charge is 0.275 e. The van der Waals surface area contributed by atoms with Gasteiger partial charge in [0.1, 0.15) is 34.6 Å². The Labute approximate surface area is 173 Å². The number of halogens is 3. The lowest BCUT2D eigenvalue weighted by molar-refractivity contribution is 0.0267. The van der Waals surface area contributed by atoms with Gasteiger partial charge in [-0.1, -0.05) is 6.07 Å². The van der Waals surface area contributed by atoms with E-state index in [0.717, 1.165) is 23.5 Å². The van der Waals surface area contributed by atoms with Crippen molar-refractivity contribution in [1.82, 2.24) is 15.2 Å². The van der Waals surface area contributed by atoms with Gasteiger partial charge in [0.15, 0.2) is 0 Å². The van der Waals surface area contributed by atoms with E-state index in [4.69, 9.17) is 10.5 Å². The molecular weight excluding hydrogens is 419 g/mol. The van der Waals surface area contributed by atoms with Crippen molar-refractivity contribution in [3.8, 4) is 10.6 Å². The van der Waals surface area contributed by atoms with Crippen molar-refractivity contribution in [3.05, 3.63) is 52.8 Å². The molecule has 2 aromatic heterocycles. The summed E-state index contributed by atoms with van der Waals surface area (Å²) >= 11 is 0.952. The predicted molar refractivity (Wildman–Crippen MR) is 105 cm³/mol. The highest BCUT2D eigenvalue weighted by Gasteiger charge is 2.29. The van der Waals surface area contributed by atoms with E-state index in [1.54, 1.807) is 0 Å². The number of hydrogen-bond donors (Lipinski definition) is 3. The number of rotatable bonds is 4. The monoisotopic (exact) mass is 437 g/mol. The molecule has 4 N–H and O–H groups in total. The van der Waals surface area contributed by atoms with Crippen LogP contribution in [0.5, 0.6) is 0 Å². The summed E-state index contributed by atoms with van der Waals surface area (Å²) in [6, 6.07) is 2.89. The number of alkyl halides is 1. The summed E-state index contributed by atoms with van der Waals surface area (Å²) in [7, 11) is 0. The van der Waals surface area contributed by atoms with E-state index in [2.05, 4.69) is 20.5 Å². The topological polar surface area (TPSA) is 106 Å². The van der Waals surface area contributed by atoms with Crippen LogP contribution < -0.4 is 11.1 Å². The highest BCUT2D eigenvalue weighted by atomic mass is 32.1. The Morgan fingerprint density at radius 1 is 1.30 bits per heavy atom. The molecule has 11 heteroatoms. The first kappa shape index (κ1) is 20.5. The van der Waals surface area contributed by atoms with Crippen LogP contribution in [0.3, 0.4) is 0 Å². The molecule has 1 fully saturated rings. The molecule has 7 nitrogen and oxygen atoms in total. The standard InChI is InChI=1S/C19H18F3N5O2S/c20-9-2-1-3-10(21)16(9)19-26-14(8-30-19)18(28)25-13-6-24-27-17(13)15-5-4-12(23)11(22)7-29-15/h1-3,6,8,11-12,15H,4-5,7,23H2,(H,24,27)(H,25,28)/t11-,12-,15+/m0/s1. The average Bonchev–Trinajstić information content (AvgIpc) is 3.34. The third-order valence-corrected chi connectivity index (χ3v) is 5.70. The molecule has 0 radical (unpaired) electrons. The van der Waals surface area contributed by atoms with Crippen LogP contribution in [0.15, 0.2) is 29.8 Å². The van der Waals surface area contributed by atoms with Crippen molar-refractivity contribution in [1.29, 1.82) is 0 Å². The van der Waals surface area contributed by atoms with Crippen LogP contribution in [0, 0.1) is 11.6 Å². The molecule has 4 rings (SSSR count). The Kier molecular flexibility index (Phi) is 5.84. The van der Waals surface area contributed by atoms with Crippen LogP contribution >= 0.6 is 11.3 Å². The number of carbonyl (C=O) groups is 1. The second-order valence-corrected chi connectivity index (χ2v) is 7.72. The summed E-state index contributed by atoms with van der Waals surface area (Å²) in [6.45, 7) is -0.151. The number of ether oxygens (including phenoxy) is 1. The van der Waals surface area contributed by atoms with E-state index in [1.165, 1.54) is 17.6 Å². The van der Waals surface area contributed by atoms with Crippen LogP contribution in [0.1, 0.15) is 35.1 Å².